The van der Waals surface area contributed by atoms with Gasteiger partial charge in [-0.25, -0.2) is 0 Å². The molecule has 3 nitrogen and oxygen atoms in total. The van der Waals surface area contributed by atoms with Crippen LogP contribution in [0.4, 0.5) is 0 Å². The van der Waals surface area contributed by atoms with Gasteiger partial charge in [0.25, 0.3) is 0 Å². The molecule has 1 aliphatic carbocycles. The van der Waals surface area contributed by atoms with Gasteiger partial charge in [-0.15, -0.1) is 0 Å². The van der Waals surface area contributed by atoms with E-state index in [2.05, 4.69) is 41.5 Å². The molecule has 0 radical (unpaired) electrons. The summed E-state index contributed by atoms with van der Waals surface area (Å²) in [5.74, 6) is 0.278. The van der Waals surface area contributed by atoms with Gasteiger partial charge in [0, 0.05) is 22.9 Å². The number of fused-ring (bicyclic) bond motifs is 2. The van der Waals surface area contributed by atoms with Gasteiger partial charge in [-0.2, -0.15) is 0 Å². The first-order chi connectivity index (χ1) is 8.07. The summed E-state index contributed by atoms with van der Waals surface area (Å²) in [6.45, 7) is 13.1. The van der Waals surface area contributed by atoms with Crippen LogP contribution in [0.25, 0.3) is 0 Å². The minimum Gasteiger partial charge on any atom is -0.390 e. The van der Waals surface area contributed by atoms with Gasteiger partial charge in [0.15, 0.2) is 5.78 Å². The summed E-state index contributed by atoms with van der Waals surface area (Å²) in [6, 6.07) is 0. The van der Waals surface area contributed by atoms with Crippen molar-refractivity contribution in [2.24, 2.45) is 0 Å². The fourth-order valence-corrected chi connectivity index (χ4v) is 8.50. The van der Waals surface area contributed by atoms with Gasteiger partial charge in [0.1, 0.15) is 6.10 Å². The monoisotopic (exact) mass is 270 g/mol. The van der Waals surface area contributed by atoms with E-state index in [0.29, 0.717) is 6.42 Å². The highest BCUT2D eigenvalue weighted by molar-refractivity contribution is 6.73. The fraction of sp³-hybridized carbons (Fsp3) is 0.929. The van der Waals surface area contributed by atoms with E-state index in [-0.39, 0.29) is 28.1 Å². The summed E-state index contributed by atoms with van der Waals surface area (Å²) in [4.78, 5) is 12.0. The van der Waals surface area contributed by atoms with Crippen LogP contribution in [0.3, 0.4) is 0 Å². The molecule has 18 heavy (non-hydrogen) atoms. The van der Waals surface area contributed by atoms with Crippen LogP contribution >= 0.6 is 0 Å². The zero-order valence-corrected chi connectivity index (χ0v) is 13.5. The Hall–Kier alpha value is -0.193. The number of carbonyl (C=O) groups excluding carboxylic acids is 1. The molecule has 104 valence electrons. The Labute approximate surface area is 111 Å². The van der Waals surface area contributed by atoms with Crippen molar-refractivity contribution in [3.8, 4) is 0 Å². The first kappa shape index (κ1) is 14.2. The molecule has 1 saturated heterocycles. The molecule has 2 bridgehead atoms. The van der Waals surface area contributed by atoms with Crippen LogP contribution in [0.5, 0.6) is 0 Å². The number of ketones is 1. The summed E-state index contributed by atoms with van der Waals surface area (Å²) in [6.07, 6.45) is 2.28. The molecule has 0 N–H and O–H groups in total. The molecular formula is C14H26O3Si. The molecule has 2 rings (SSSR count). The molecule has 0 aromatic carbocycles. The standard InChI is InChI=1S/C14H26O3Si/c1-13(2,3)18(14(4,5)6)16-10-7-8-11(15)12(9-10)17-18/h10,12H,7-9H2,1-6H3/t10-,12-/m1/s1. The summed E-state index contributed by atoms with van der Waals surface area (Å²) in [7, 11) is -2.44. The molecular weight excluding hydrogens is 244 g/mol. The highest BCUT2D eigenvalue weighted by Gasteiger charge is 2.63. The Balaban J connectivity index is 2.41. The second kappa shape index (κ2) is 4.15. The maximum absolute atomic E-state index is 12.0. The Morgan fingerprint density at radius 3 is 2.11 bits per heavy atom. The number of hydrogen-bond donors (Lipinski definition) is 0. The highest BCUT2D eigenvalue weighted by Crippen LogP contribution is 2.56. The summed E-state index contributed by atoms with van der Waals surface area (Å²) < 4.78 is 12.8. The van der Waals surface area contributed by atoms with Crippen LogP contribution in [0.1, 0.15) is 60.8 Å². The smallest absolute Gasteiger partial charge is 0.350 e. The molecule has 2 fully saturated rings. The highest BCUT2D eigenvalue weighted by atomic mass is 28.4. The predicted octanol–water partition coefficient (Wildman–Crippen LogP) is 3.57. The molecule has 0 amide bonds. The first-order valence-corrected chi connectivity index (χ1v) is 8.77. The van der Waals surface area contributed by atoms with Crippen molar-refractivity contribution in [2.75, 3.05) is 0 Å². The second-order valence-electron chi connectivity index (χ2n) is 7.70. The third-order valence-corrected chi connectivity index (χ3v) is 9.40. The minimum absolute atomic E-state index is 0.0280. The summed E-state index contributed by atoms with van der Waals surface area (Å²) >= 11 is 0. The third kappa shape index (κ3) is 2.08. The molecule has 1 saturated carbocycles. The third-order valence-electron chi connectivity index (χ3n) is 4.16. The largest absolute Gasteiger partial charge is 0.390 e. The average Bonchev–Trinajstić information content (AvgIpc) is 2.20. The Morgan fingerprint density at radius 1 is 1.06 bits per heavy atom. The number of Topliss-reactive ketones (excluding diaryl/α,β-unsaturated/α-hetero) is 1. The topological polar surface area (TPSA) is 35.5 Å². The lowest BCUT2D eigenvalue weighted by molar-refractivity contribution is -0.139. The SMILES string of the molecule is CC(C)(C)[Si]1(C(C)(C)C)O[C@@H]2CCC(=O)[C@@H](C2)O1. The van der Waals surface area contributed by atoms with E-state index >= 15 is 0 Å². The van der Waals surface area contributed by atoms with Crippen LogP contribution in [0, 0.1) is 0 Å². The zero-order valence-electron chi connectivity index (χ0n) is 12.5. The molecule has 0 unspecified atom stereocenters. The molecule has 1 heterocycles. The number of carbonyl (C=O) groups is 1. The van der Waals surface area contributed by atoms with E-state index in [0.717, 1.165) is 12.8 Å². The van der Waals surface area contributed by atoms with Gasteiger partial charge >= 0.3 is 8.56 Å². The van der Waals surface area contributed by atoms with E-state index in [1.807, 2.05) is 0 Å². The lowest BCUT2D eigenvalue weighted by Gasteiger charge is -2.56. The van der Waals surface area contributed by atoms with Crippen molar-refractivity contribution >= 4 is 14.3 Å². The van der Waals surface area contributed by atoms with E-state index in [9.17, 15) is 4.79 Å². The van der Waals surface area contributed by atoms with Crippen LogP contribution < -0.4 is 0 Å². The molecule has 0 aromatic heterocycles. The fourth-order valence-electron chi connectivity index (χ4n) is 3.47. The van der Waals surface area contributed by atoms with E-state index in [1.165, 1.54) is 0 Å². The molecule has 0 aromatic rings. The normalized spacial score (nSPS) is 32.4. The van der Waals surface area contributed by atoms with Crippen LogP contribution in [0.2, 0.25) is 10.1 Å². The van der Waals surface area contributed by atoms with Gasteiger partial charge in [0.2, 0.25) is 0 Å². The van der Waals surface area contributed by atoms with Gasteiger partial charge < -0.3 is 8.85 Å². The first-order valence-electron chi connectivity index (χ1n) is 6.95. The molecule has 2 atom stereocenters. The van der Waals surface area contributed by atoms with Crippen molar-refractivity contribution in [1.29, 1.82) is 0 Å². The lowest BCUT2D eigenvalue weighted by atomic mass is 9.94. The number of rotatable bonds is 0. The van der Waals surface area contributed by atoms with Gasteiger partial charge in [-0.3, -0.25) is 4.79 Å². The quantitative estimate of drug-likeness (QED) is 0.631. The Bertz CT molecular complexity index is 337. The Kier molecular flexibility index (Phi) is 3.28. The average molecular weight is 270 g/mol. The van der Waals surface area contributed by atoms with Gasteiger partial charge in [-0.1, -0.05) is 41.5 Å². The van der Waals surface area contributed by atoms with Crippen molar-refractivity contribution in [2.45, 2.75) is 83.1 Å². The molecule has 2 aliphatic rings. The lowest BCUT2D eigenvalue weighted by Crippen LogP contribution is -2.65. The van der Waals surface area contributed by atoms with Crippen molar-refractivity contribution in [3.63, 3.8) is 0 Å². The predicted molar refractivity (Wildman–Crippen MR) is 73.8 cm³/mol. The summed E-state index contributed by atoms with van der Waals surface area (Å²) in [5, 5.41) is -0.0560. The van der Waals surface area contributed by atoms with Crippen molar-refractivity contribution in [3.05, 3.63) is 0 Å². The maximum Gasteiger partial charge on any atom is 0.350 e. The van der Waals surface area contributed by atoms with Crippen molar-refractivity contribution < 1.29 is 13.6 Å². The number of hydrogen-bond acceptors (Lipinski definition) is 3. The van der Waals surface area contributed by atoms with E-state index < -0.39 is 8.56 Å². The molecule has 4 heteroatoms. The van der Waals surface area contributed by atoms with Crippen LogP contribution in [-0.4, -0.2) is 26.6 Å². The van der Waals surface area contributed by atoms with E-state index in [4.69, 9.17) is 8.85 Å². The minimum atomic E-state index is -2.44. The molecule has 0 spiro atoms. The van der Waals surface area contributed by atoms with Gasteiger partial charge in [0.05, 0.1) is 6.10 Å². The van der Waals surface area contributed by atoms with Crippen LogP contribution in [0.15, 0.2) is 0 Å². The van der Waals surface area contributed by atoms with Crippen LogP contribution in [-0.2, 0) is 13.6 Å². The van der Waals surface area contributed by atoms with Gasteiger partial charge in [-0.05, 0) is 6.42 Å². The van der Waals surface area contributed by atoms with E-state index in [1.54, 1.807) is 0 Å². The maximum atomic E-state index is 12.0. The van der Waals surface area contributed by atoms with Crippen molar-refractivity contribution in [1.82, 2.24) is 0 Å². The summed E-state index contributed by atoms with van der Waals surface area (Å²) in [5.41, 5.74) is 0. The molecule has 1 aliphatic heterocycles. The second-order valence-corrected chi connectivity index (χ2v) is 12.4. The Morgan fingerprint density at radius 2 is 1.61 bits per heavy atom. The zero-order chi connectivity index (χ0) is 13.8.